The molecule has 0 amide bonds. The van der Waals surface area contributed by atoms with Gasteiger partial charge in [-0.3, -0.25) is 0 Å². The first kappa shape index (κ1) is 16.4. The van der Waals surface area contributed by atoms with Crippen LogP contribution in [0.3, 0.4) is 0 Å². The van der Waals surface area contributed by atoms with E-state index in [0.717, 1.165) is 10.2 Å². The Morgan fingerprint density at radius 3 is 2.68 bits per heavy atom. The second-order valence-corrected chi connectivity index (χ2v) is 5.36. The molecule has 108 valence electrons. The van der Waals surface area contributed by atoms with E-state index < -0.39 is 6.10 Å². The van der Waals surface area contributed by atoms with E-state index >= 15 is 0 Å². The minimum atomic E-state index is -0.536. The van der Waals surface area contributed by atoms with Crippen LogP contribution in [-0.4, -0.2) is 43.7 Å². The standard InChI is InChI=1S/C14H22BrNO3/c1-11(2)19-8-7-18-10-12(17)9-16-14-6-4-3-5-13(14)15/h3-6,11-12,16-17H,7-10H2,1-2H3. The van der Waals surface area contributed by atoms with Crippen LogP contribution in [0.25, 0.3) is 0 Å². The van der Waals surface area contributed by atoms with Gasteiger partial charge in [-0.05, 0) is 41.9 Å². The summed E-state index contributed by atoms with van der Waals surface area (Å²) in [6.45, 7) is 5.78. The highest BCUT2D eigenvalue weighted by molar-refractivity contribution is 9.10. The zero-order valence-corrected chi connectivity index (χ0v) is 13.0. The summed E-state index contributed by atoms with van der Waals surface area (Å²) in [7, 11) is 0. The normalized spacial score (nSPS) is 12.7. The number of rotatable bonds is 9. The predicted octanol–water partition coefficient (Wildman–Crippen LogP) is 2.66. The number of ether oxygens (including phenoxy) is 2. The van der Waals surface area contributed by atoms with Crippen molar-refractivity contribution in [1.29, 1.82) is 0 Å². The van der Waals surface area contributed by atoms with Gasteiger partial charge in [-0.15, -0.1) is 0 Å². The average Bonchev–Trinajstić information content (AvgIpc) is 2.37. The number of para-hydroxylation sites is 1. The van der Waals surface area contributed by atoms with E-state index in [4.69, 9.17) is 9.47 Å². The molecule has 2 N–H and O–H groups in total. The van der Waals surface area contributed by atoms with E-state index in [2.05, 4.69) is 21.2 Å². The van der Waals surface area contributed by atoms with Crippen LogP contribution in [0.15, 0.2) is 28.7 Å². The predicted molar refractivity (Wildman–Crippen MR) is 80.5 cm³/mol. The van der Waals surface area contributed by atoms with Crippen molar-refractivity contribution in [2.45, 2.75) is 26.1 Å². The molecule has 1 aromatic carbocycles. The molecule has 0 saturated heterocycles. The molecule has 0 bridgehead atoms. The summed E-state index contributed by atoms with van der Waals surface area (Å²) >= 11 is 3.44. The van der Waals surface area contributed by atoms with Gasteiger partial charge < -0.3 is 19.9 Å². The van der Waals surface area contributed by atoms with Crippen LogP contribution < -0.4 is 5.32 Å². The molecule has 0 aliphatic heterocycles. The maximum atomic E-state index is 9.77. The summed E-state index contributed by atoms with van der Waals surface area (Å²) in [5.74, 6) is 0. The third kappa shape index (κ3) is 7.52. The summed E-state index contributed by atoms with van der Waals surface area (Å²) in [6.07, 6.45) is -0.322. The van der Waals surface area contributed by atoms with Crippen LogP contribution in [0, 0.1) is 0 Å². The Labute approximate surface area is 123 Å². The molecule has 1 rings (SSSR count). The zero-order valence-electron chi connectivity index (χ0n) is 11.4. The van der Waals surface area contributed by atoms with Gasteiger partial charge in [0, 0.05) is 16.7 Å². The van der Waals surface area contributed by atoms with Crippen molar-refractivity contribution in [2.75, 3.05) is 31.7 Å². The number of halogens is 1. The molecule has 1 atom stereocenters. The maximum absolute atomic E-state index is 9.77. The van der Waals surface area contributed by atoms with Gasteiger partial charge in [0.15, 0.2) is 0 Å². The van der Waals surface area contributed by atoms with Crippen molar-refractivity contribution >= 4 is 21.6 Å². The van der Waals surface area contributed by atoms with Crippen molar-refractivity contribution in [3.8, 4) is 0 Å². The van der Waals surface area contributed by atoms with Gasteiger partial charge in [-0.2, -0.15) is 0 Å². The van der Waals surface area contributed by atoms with Gasteiger partial charge in [0.1, 0.15) is 0 Å². The van der Waals surface area contributed by atoms with Gasteiger partial charge in [0.2, 0.25) is 0 Å². The first-order chi connectivity index (χ1) is 9.09. The van der Waals surface area contributed by atoms with Crippen LogP contribution in [0.1, 0.15) is 13.8 Å². The Balaban J connectivity index is 2.11. The Morgan fingerprint density at radius 2 is 2.00 bits per heavy atom. The number of nitrogens with one attached hydrogen (secondary N) is 1. The monoisotopic (exact) mass is 331 g/mol. The van der Waals surface area contributed by atoms with E-state index in [1.54, 1.807) is 0 Å². The number of aliphatic hydroxyl groups is 1. The molecular formula is C14H22BrNO3. The topological polar surface area (TPSA) is 50.7 Å². The largest absolute Gasteiger partial charge is 0.389 e. The van der Waals surface area contributed by atoms with Crippen LogP contribution in [-0.2, 0) is 9.47 Å². The SMILES string of the molecule is CC(C)OCCOCC(O)CNc1ccccc1Br. The minimum absolute atomic E-state index is 0.214. The number of hydrogen-bond donors (Lipinski definition) is 2. The average molecular weight is 332 g/mol. The van der Waals surface area contributed by atoms with Crippen molar-refractivity contribution in [1.82, 2.24) is 0 Å². The number of aliphatic hydroxyl groups excluding tert-OH is 1. The summed E-state index contributed by atoms with van der Waals surface area (Å²) in [5.41, 5.74) is 0.963. The molecule has 0 saturated carbocycles. The molecule has 0 aliphatic carbocycles. The molecule has 0 aliphatic rings. The van der Waals surface area contributed by atoms with Gasteiger partial charge in [-0.1, -0.05) is 12.1 Å². The molecule has 4 nitrogen and oxygen atoms in total. The maximum Gasteiger partial charge on any atom is 0.0945 e. The highest BCUT2D eigenvalue weighted by atomic mass is 79.9. The second kappa shape index (κ2) is 9.31. The van der Waals surface area contributed by atoms with Crippen molar-refractivity contribution in [3.63, 3.8) is 0 Å². The smallest absolute Gasteiger partial charge is 0.0945 e. The Morgan fingerprint density at radius 1 is 1.26 bits per heavy atom. The first-order valence-electron chi connectivity index (χ1n) is 6.45. The Hall–Kier alpha value is -0.620. The van der Waals surface area contributed by atoms with E-state index in [1.165, 1.54) is 0 Å². The third-order valence-electron chi connectivity index (χ3n) is 2.39. The van der Waals surface area contributed by atoms with Gasteiger partial charge in [-0.25, -0.2) is 0 Å². The molecule has 1 unspecified atom stereocenters. The van der Waals surface area contributed by atoms with E-state index in [1.807, 2.05) is 38.1 Å². The summed E-state index contributed by atoms with van der Waals surface area (Å²) in [4.78, 5) is 0. The lowest BCUT2D eigenvalue weighted by molar-refractivity contribution is -0.00734. The van der Waals surface area contributed by atoms with Crippen LogP contribution >= 0.6 is 15.9 Å². The van der Waals surface area contributed by atoms with Crippen molar-refractivity contribution in [3.05, 3.63) is 28.7 Å². The summed E-state index contributed by atoms with van der Waals surface area (Å²) < 4.78 is 11.7. The van der Waals surface area contributed by atoms with Crippen LogP contribution in [0.5, 0.6) is 0 Å². The highest BCUT2D eigenvalue weighted by Gasteiger charge is 2.05. The summed E-state index contributed by atoms with van der Waals surface area (Å²) in [5, 5.41) is 12.9. The zero-order chi connectivity index (χ0) is 14.1. The van der Waals surface area contributed by atoms with Gasteiger partial charge in [0.05, 0.1) is 32.0 Å². The quantitative estimate of drug-likeness (QED) is 0.683. The van der Waals surface area contributed by atoms with E-state index in [-0.39, 0.29) is 6.10 Å². The molecular weight excluding hydrogens is 310 g/mol. The molecule has 1 aromatic rings. The van der Waals surface area contributed by atoms with Crippen LogP contribution in [0.2, 0.25) is 0 Å². The van der Waals surface area contributed by atoms with E-state index in [0.29, 0.717) is 26.4 Å². The second-order valence-electron chi connectivity index (χ2n) is 4.51. The fourth-order valence-electron chi connectivity index (χ4n) is 1.45. The Bertz CT molecular complexity index is 360. The first-order valence-corrected chi connectivity index (χ1v) is 7.24. The Kier molecular flexibility index (Phi) is 8.05. The lowest BCUT2D eigenvalue weighted by Crippen LogP contribution is -2.26. The molecule has 19 heavy (non-hydrogen) atoms. The van der Waals surface area contributed by atoms with E-state index in [9.17, 15) is 5.11 Å². The summed E-state index contributed by atoms with van der Waals surface area (Å²) in [6, 6.07) is 7.80. The number of benzene rings is 1. The van der Waals surface area contributed by atoms with Gasteiger partial charge in [0.25, 0.3) is 0 Å². The number of hydrogen-bond acceptors (Lipinski definition) is 4. The van der Waals surface area contributed by atoms with Crippen molar-refractivity contribution in [2.24, 2.45) is 0 Å². The fraction of sp³-hybridized carbons (Fsp3) is 0.571. The lowest BCUT2D eigenvalue weighted by atomic mass is 10.3. The minimum Gasteiger partial charge on any atom is -0.389 e. The molecule has 0 fully saturated rings. The molecule has 0 aromatic heterocycles. The number of anilines is 1. The fourth-order valence-corrected chi connectivity index (χ4v) is 1.88. The third-order valence-corrected chi connectivity index (χ3v) is 3.08. The molecule has 0 spiro atoms. The molecule has 5 heteroatoms. The van der Waals surface area contributed by atoms with Gasteiger partial charge >= 0.3 is 0 Å². The lowest BCUT2D eigenvalue weighted by Gasteiger charge is -2.14. The van der Waals surface area contributed by atoms with Crippen molar-refractivity contribution < 1.29 is 14.6 Å². The molecule has 0 radical (unpaired) electrons. The molecule has 0 heterocycles. The van der Waals surface area contributed by atoms with Crippen LogP contribution in [0.4, 0.5) is 5.69 Å². The highest BCUT2D eigenvalue weighted by Crippen LogP contribution is 2.20.